The van der Waals surface area contributed by atoms with Crippen molar-refractivity contribution in [2.24, 2.45) is 0 Å². The quantitative estimate of drug-likeness (QED) is 0.744. The fourth-order valence-electron chi connectivity index (χ4n) is 2.90. The van der Waals surface area contributed by atoms with Crippen LogP contribution in [0.2, 0.25) is 5.02 Å². The number of benzene rings is 1. The number of aliphatic hydroxyl groups is 1. The number of carbonyl (C=O) groups excluding carboxylic acids is 2. The second-order valence-corrected chi connectivity index (χ2v) is 6.43. The van der Waals surface area contributed by atoms with Gasteiger partial charge in [0.1, 0.15) is 5.69 Å². The van der Waals surface area contributed by atoms with E-state index < -0.39 is 0 Å². The fourth-order valence-corrected chi connectivity index (χ4v) is 3.08. The van der Waals surface area contributed by atoms with E-state index in [1.807, 2.05) is 0 Å². The summed E-state index contributed by atoms with van der Waals surface area (Å²) in [6, 6.07) is 7.22. The molecule has 1 aromatic carbocycles. The summed E-state index contributed by atoms with van der Waals surface area (Å²) in [5.74, 6) is -0.505. The van der Waals surface area contributed by atoms with Gasteiger partial charge in [0.25, 0.3) is 5.91 Å². The van der Waals surface area contributed by atoms with Crippen LogP contribution in [-0.2, 0) is 4.79 Å². The van der Waals surface area contributed by atoms with Gasteiger partial charge in [0.05, 0.1) is 13.2 Å². The molecule has 128 valence electrons. The summed E-state index contributed by atoms with van der Waals surface area (Å²) in [4.78, 5) is 29.2. The van der Waals surface area contributed by atoms with Crippen molar-refractivity contribution in [3.8, 4) is 0 Å². The molecule has 1 aromatic heterocycles. The monoisotopic (exact) mass is 349 g/mol. The average molecular weight is 350 g/mol. The predicted molar refractivity (Wildman–Crippen MR) is 92.1 cm³/mol. The van der Waals surface area contributed by atoms with E-state index in [-0.39, 0.29) is 31.0 Å². The van der Waals surface area contributed by atoms with E-state index in [2.05, 4.69) is 10.3 Å². The fraction of sp³-hybridized carbons (Fsp3) is 0.412. The molecular formula is C17H20ClN3O3. The van der Waals surface area contributed by atoms with E-state index in [0.717, 1.165) is 30.2 Å². The van der Waals surface area contributed by atoms with Gasteiger partial charge in [-0.05, 0) is 43.5 Å². The van der Waals surface area contributed by atoms with Crippen LogP contribution in [0.25, 0.3) is 10.9 Å². The molecule has 0 bridgehead atoms. The third kappa shape index (κ3) is 3.55. The van der Waals surface area contributed by atoms with E-state index in [4.69, 9.17) is 16.7 Å². The normalized spacial score (nSPS) is 14.4. The third-order valence-electron chi connectivity index (χ3n) is 4.40. The second kappa shape index (κ2) is 7.23. The Labute approximate surface area is 144 Å². The second-order valence-electron chi connectivity index (χ2n) is 5.99. The van der Waals surface area contributed by atoms with Crippen LogP contribution >= 0.6 is 11.6 Å². The number of carbonyl (C=O) groups is 2. The number of hydrogen-bond donors (Lipinski definition) is 3. The molecule has 3 rings (SSSR count). The Morgan fingerprint density at radius 1 is 1.33 bits per heavy atom. The van der Waals surface area contributed by atoms with Gasteiger partial charge in [-0.15, -0.1) is 0 Å². The van der Waals surface area contributed by atoms with E-state index >= 15 is 0 Å². The first kappa shape index (κ1) is 16.8. The number of fused-ring (bicyclic) bond motifs is 1. The number of amides is 2. The number of rotatable bonds is 6. The first-order chi connectivity index (χ1) is 11.6. The van der Waals surface area contributed by atoms with Crippen LogP contribution in [0.4, 0.5) is 0 Å². The Kier molecular flexibility index (Phi) is 5.06. The lowest BCUT2D eigenvalue weighted by Crippen LogP contribution is -2.49. The highest BCUT2D eigenvalue weighted by atomic mass is 35.5. The summed E-state index contributed by atoms with van der Waals surface area (Å²) >= 11 is 5.94. The number of aromatic nitrogens is 1. The molecule has 1 aliphatic rings. The van der Waals surface area contributed by atoms with Crippen molar-refractivity contribution < 1.29 is 14.7 Å². The van der Waals surface area contributed by atoms with Gasteiger partial charge >= 0.3 is 0 Å². The number of nitrogens with one attached hydrogen (secondary N) is 2. The minimum Gasteiger partial charge on any atom is -0.395 e. The van der Waals surface area contributed by atoms with Gasteiger partial charge < -0.3 is 20.3 Å². The van der Waals surface area contributed by atoms with Crippen LogP contribution in [0.1, 0.15) is 29.8 Å². The van der Waals surface area contributed by atoms with Gasteiger partial charge in [-0.3, -0.25) is 9.59 Å². The molecule has 0 aliphatic heterocycles. The number of H-pyrrole nitrogens is 1. The SMILES string of the molecule is O=C(NCC(=O)N(CCO)C1CCC1)c1cc2cc(Cl)ccc2[nH]1. The van der Waals surface area contributed by atoms with Crippen LogP contribution in [-0.4, -0.2) is 52.5 Å². The summed E-state index contributed by atoms with van der Waals surface area (Å²) < 4.78 is 0. The third-order valence-corrected chi connectivity index (χ3v) is 4.64. The Hall–Kier alpha value is -2.05. The lowest BCUT2D eigenvalue weighted by molar-refractivity contribution is -0.134. The van der Waals surface area contributed by atoms with Crippen LogP contribution in [0.15, 0.2) is 24.3 Å². The van der Waals surface area contributed by atoms with Crippen LogP contribution in [0, 0.1) is 0 Å². The number of nitrogens with zero attached hydrogens (tertiary/aromatic N) is 1. The minimum absolute atomic E-state index is 0.0705. The topological polar surface area (TPSA) is 85.4 Å². The van der Waals surface area contributed by atoms with Gasteiger partial charge in [0.2, 0.25) is 5.91 Å². The molecule has 24 heavy (non-hydrogen) atoms. The standard InChI is InChI=1S/C17H20ClN3O3/c18-12-4-5-14-11(8-12)9-15(20-14)17(24)19-10-16(23)21(6-7-22)13-2-1-3-13/h4-5,8-9,13,20,22H,1-3,6-7,10H2,(H,19,24). The maximum atomic E-state index is 12.3. The van der Waals surface area contributed by atoms with Gasteiger partial charge in [-0.2, -0.15) is 0 Å². The zero-order valence-corrected chi connectivity index (χ0v) is 14.0. The molecule has 7 heteroatoms. The van der Waals surface area contributed by atoms with Crippen molar-refractivity contribution in [3.63, 3.8) is 0 Å². The highest BCUT2D eigenvalue weighted by molar-refractivity contribution is 6.31. The van der Waals surface area contributed by atoms with Gasteiger partial charge in [0.15, 0.2) is 0 Å². The first-order valence-electron chi connectivity index (χ1n) is 8.05. The molecule has 6 nitrogen and oxygen atoms in total. The zero-order valence-electron chi connectivity index (χ0n) is 13.2. The molecule has 3 N–H and O–H groups in total. The van der Waals surface area contributed by atoms with Crippen molar-refractivity contribution >= 4 is 34.3 Å². The summed E-state index contributed by atoms with van der Waals surface area (Å²) in [5.41, 5.74) is 1.20. The van der Waals surface area contributed by atoms with Crippen molar-refractivity contribution in [2.75, 3.05) is 19.7 Å². The maximum absolute atomic E-state index is 12.3. The molecule has 0 spiro atoms. The molecule has 0 unspecified atom stereocenters. The highest BCUT2D eigenvalue weighted by Crippen LogP contribution is 2.24. The number of aliphatic hydroxyl groups excluding tert-OH is 1. The van der Waals surface area contributed by atoms with E-state index in [1.54, 1.807) is 29.2 Å². The predicted octanol–water partition coefficient (Wildman–Crippen LogP) is 1.92. The number of halogens is 1. The van der Waals surface area contributed by atoms with Crippen molar-refractivity contribution in [2.45, 2.75) is 25.3 Å². The molecule has 1 saturated carbocycles. The Morgan fingerprint density at radius 2 is 2.12 bits per heavy atom. The highest BCUT2D eigenvalue weighted by Gasteiger charge is 2.28. The zero-order chi connectivity index (χ0) is 17.1. The molecule has 0 radical (unpaired) electrons. The molecule has 1 aliphatic carbocycles. The summed E-state index contributed by atoms with van der Waals surface area (Å²) in [6.45, 7) is 0.161. The molecular weight excluding hydrogens is 330 g/mol. The lowest BCUT2D eigenvalue weighted by Gasteiger charge is -2.37. The molecule has 2 amide bonds. The Bertz CT molecular complexity index is 755. The number of aromatic amines is 1. The molecule has 0 saturated heterocycles. The van der Waals surface area contributed by atoms with Crippen LogP contribution in [0.5, 0.6) is 0 Å². The maximum Gasteiger partial charge on any atom is 0.268 e. The molecule has 2 aromatic rings. The summed E-state index contributed by atoms with van der Waals surface area (Å²) in [5, 5.41) is 13.2. The molecule has 1 fully saturated rings. The van der Waals surface area contributed by atoms with E-state index in [9.17, 15) is 9.59 Å². The Morgan fingerprint density at radius 3 is 2.79 bits per heavy atom. The van der Waals surface area contributed by atoms with Crippen molar-refractivity contribution in [1.29, 1.82) is 0 Å². The molecule has 1 heterocycles. The van der Waals surface area contributed by atoms with Gasteiger partial charge in [-0.1, -0.05) is 11.6 Å². The largest absolute Gasteiger partial charge is 0.395 e. The number of hydrogen-bond acceptors (Lipinski definition) is 3. The molecule has 0 atom stereocenters. The van der Waals surface area contributed by atoms with Gasteiger partial charge in [-0.25, -0.2) is 0 Å². The summed E-state index contributed by atoms with van der Waals surface area (Å²) in [7, 11) is 0. The summed E-state index contributed by atoms with van der Waals surface area (Å²) in [6.07, 6.45) is 3.02. The van der Waals surface area contributed by atoms with Gasteiger partial charge in [0, 0.05) is 28.5 Å². The van der Waals surface area contributed by atoms with Crippen LogP contribution < -0.4 is 5.32 Å². The van der Waals surface area contributed by atoms with E-state index in [0.29, 0.717) is 17.3 Å². The average Bonchev–Trinajstić information content (AvgIpc) is 2.93. The smallest absolute Gasteiger partial charge is 0.268 e. The van der Waals surface area contributed by atoms with Crippen molar-refractivity contribution in [3.05, 3.63) is 35.0 Å². The van der Waals surface area contributed by atoms with Crippen LogP contribution in [0.3, 0.4) is 0 Å². The minimum atomic E-state index is -0.340. The lowest BCUT2D eigenvalue weighted by atomic mass is 9.91. The Balaban J connectivity index is 1.61. The van der Waals surface area contributed by atoms with E-state index in [1.165, 1.54) is 0 Å². The first-order valence-corrected chi connectivity index (χ1v) is 8.43. The van der Waals surface area contributed by atoms with Crippen molar-refractivity contribution in [1.82, 2.24) is 15.2 Å².